The second-order valence-electron chi connectivity index (χ2n) is 6.21. The maximum atomic E-state index is 3.97. The first-order chi connectivity index (χ1) is 13.6. The Labute approximate surface area is 174 Å². The fraction of sp³-hybridized carbons (Fsp3) is 0.286. The number of hydrogen-bond donors (Lipinski definition) is 0. The highest BCUT2D eigenvalue weighted by atomic mass is 14.2. The predicted octanol–water partition coefficient (Wildman–Crippen LogP) is 8.93. The van der Waals surface area contributed by atoms with Crippen LogP contribution in [-0.4, -0.2) is 0 Å². The first-order valence-electron chi connectivity index (χ1n) is 10.3. The normalized spacial score (nSPS) is 16.5. The molecule has 0 aromatic carbocycles. The molecule has 0 saturated heterocycles. The average molecular weight is 375 g/mol. The van der Waals surface area contributed by atoms with Crippen LogP contribution in [0.25, 0.3) is 0 Å². The molecule has 0 unspecified atom stereocenters. The Hall–Kier alpha value is -2.60. The van der Waals surface area contributed by atoms with Gasteiger partial charge in [0.2, 0.25) is 0 Å². The molecule has 0 saturated carbocycles. The monoisotopic (exact) mass is 374 g/mol. The summed E-state index contributed by atoms with van der Waals surface area (Å²) in [7, 11) is 0. The lowest BCUT2D eigenvalue weighted by Crippen LogP contribution is -2.01. The summed E-state index contributed by atoms with van der Waals surface area (Å²) in [5, 5.41) is 0. The summed E-state index contributed by atoms with van der Waals surface area (Å²) in [6.45, 7) is 20.2. The molecule has 0 spiro atoms. The second kappa shape index (κ2) is 15.5. The Balaban J connectivity index is 0.00000352. The standard InChI is InChI=1S/C26H32.C2H6/c1-7-15-23(10-4)26-20-14-13-19-25(26)22(6)24(16-8-2)18-12-11-17-21(5)9-3;1-2/h7-12,15-20H,1,4,13-14H2,2-3,5-6H3;1-2H3/b16-8-,17-11-,18-12-,21-9+,23-15+,24-22-;. The van der Waals surface area contributed by atoms with Crippen LogP contribution in [0.3, 0.4) is 0 Å². The molecule has 0 fully saturated rings. The van der Waals surface area contributed by atoms with E-state index < -0.39 is 0 Å². The highest BCUT2D eigenvalue weighted by molar-refractivity contribution is 5.62. The van der Waals surface area contributed by atoms with Crippen molar-refractivity contribution in [2.24, 2.45) is 0 Å². The van der Waals surface area contributed by atoms with Crippen LogP contribution in [0.1, 0.15) is 54.4 Å². The van der Waals surface area contributed by atoms with Crippen LogP contribution in [0.4, 0.5) is 0 Å². The highest BCUT2D eigenvalue weighted by Gasteiger charge is 2.14. The number of hydrogen-bond acceptors (Lipinski definition) is 0. The maximum Gasteiger partial charge on any atom is -0.0152 e. The Kier molecular flexibility index (Phi) is 14.0. The largest absolute Gasteiger partial charge is 0.0990 e. The summed E-state index contributed by atoms with van der Waals surface area (Å²) in [5.74, 6) is 0. The third-order valence-electron chi connectivity index (χ3n) is 4.37. The maximum absolute atomic E-state index is 3.97. The molecule has 1 aliphatic rings. The summed E-state index contributed by atoms with van der Waals surface area (Å²) in [4.78, 5) is 0. The van der Waals surface area contributed by atoms with E-state index >= 15 is 0 Å². The first kappa shape index (κ1) is 25.4. The lowest BCUT2D eigenvalue weighted by molar-refractivity contribution is 0.997. The van der Waals surface area contributed by atoms with Crippen molar-refractivity contribution in [2.45, 2.75) is 54.4 Å². The van der Waals surface area contributed by atoms with Crippen molar-refractivity contribution < 1.29 is 0 Å². The summed E-state index contributed by atoms with van der Waals surface area (Å²) in [6.07, 6.45) is 27.4. The molecule has 0 atom stereocenters. The molecule has 150 valence electrons. The zero-order valence-electron chi connectivity index (χ0n) is 18.8. The third-order valence-corrected chi connectivity index (χ3v) is 4.37. The van der Waals surface area contributed by atoms with Gasteiger partial charge in [0.15, 0.2) is 0 Å². The molecule has 0 N–H and O–H groups in total. The van der Waals surface area contributed by atoms with Crippen LogP contribution in [-0.2, 0) is 0 Å². The molecule has 0 nitrogen and oxygen atoms in total. The molecule has 0 heterocycles. The fourth-order valence-corrected chi connectivity index (χ4v) is 2.80. The summed E-state index contributed by atoms with van der Waals surface area (Å²) >= 11 is 0. The number of allylic oxidation sites excluding steroid dienone is 18. The molecule has 0 heteroatoms. The second-order valence-corrected chi connectivity index (χ2v) is 6.21. The zero-order chi connectivity index (χ0) is 21.4. The van der Waals surface area contributed by atoms with Gasteiger partial charge in [0.05, 0.1) is 0 Å². The van der Waals surface area contributed by atoms with Gasteiger partial charge in [0, 0.05) is 0 Å². The minimum Gasteiger partial charge on any atom is -0.0990 e. The van der Waals surface area contributed by atoms with Crippen molar-refractivity contribution in [1.29, 1.82) is 0 Å². The van der Waals surface area contributed by atoms with E-state index in [2.05, 4.69) is 95.5 Å². The van der Waals surface area contributed by atoms with E-state index in [4.69, 9.17) is 0 Å². The third kappa shape index (κ3) is 8.39. The van der Waals surface area contributed by atoms with Crippen molar-refractivity contribution >= 4 is 0 Å². The van der Waals surface area contributed by atoms with Crippen molar-refractivity contribution in [1.82, 2.24) is 0 Å². The lowest BCUT2D eigenvalue weighted by Gasteiger charge is -2.19. The molecule has 0 radical (unpaired) electrons. The van der Waals surface area contributed by atoms with E-state index in [1.807, 2.05) is 32.1 Å². The van der Waals surface area contributed by atoms with E-state index in [0.717, 1.165) is 18.4 Å². The highest BCUT2D eigenvalue weighted by Crippen LogP contribution is 2.33. The van der Waals surface area contributed by atoms with Crippen LogP contribution < -0.4 is 0 Å². The zero-order valence-corrected chi connectivity index (χ0v) is 18.8. The minimum atomic E-state index is 1.06. The summed E-state index contributed by atoms with van der Waals surface area (Å²) in [5.41, 5.74) is 7.41. The molecule has 0 bridgehead atoms. The average Bonchev–Trinajstić information content (AvgIpc) is 2.74. The van der Waals surface area contributed by atoms with Gasteiger partial charge in [-0.15, -0.1) is 0 Å². The van der Waals surface area contributed by atoms with Crippen LogP contribution in [0.2, 0.25) is 0 Å². The molecule has 28 heavy (non-hydrogen) atoms. The van der Waals surface area contributed by atoms with Gasteiger partial charge >= 0.3 is 0 Å². The van der Waals surface area contributed by atoms with E-state index in [9.17, 15) is 0 Å². The van der Waals surface area contributed by atoms with Crippen molar-refractivity contribution in [3.63, 3.8) is 0 Å². The van der Waals surface area contributed by atoms with Gasteiger partial charge in [-0.3, -0.25) is 0 Å². The quantitative estimate of drug-likeness (QED) is 0.372. The smallest absolute Gasteiger partial charge is 0.0152 e. The topological polar surface area (TPSA) is 0 Å². The van der Waals surface area contributed by atoms with Gasteiger partial charge < -0.3 is 0 Å². The van der Waals surface area contributed by atoms with Crippen molar-refractivity contribution in [2.75, 3.05) is 0 Å². The lowest BCUT2D eigenvalue weighted by atomic mass is 9.85. The van der Waals surface area contributed by atoms with Crippen LogP contribution in [0.5, 0.6) is 0 Å². The molecule has 1 aliphatic carbocycles. The number of rotatable bonds is 8. The van der Waals surface area contributed by atoms with Crippen molar-refractivity contribution in [3.8, 4) is 0 Å². The Bertz CT molecular complexity index is 750. The predicted molar refractivity (Wildman–Crippen MR) is 130 cm³/mol. The van der Waals surface area contributed by atoms with E-state index in [0.29, 0.717) is 0 Å². The van der Waals surface area contributed by atoms with Crippen LogP contribution >= 0.6 is 0 Å². The Morgan fingerprint density at radius 3 is 2.04 bits per heavy atom. The minimum absolute atomic E-state index is 1.06. The van der Waals surface area contributed by atoms with Gasteiger partial charge in [-0.2, -0.15) is 0 Å². The van der Waals surface area contributed by atoms with Gasteiger partial charge in [0.25, 0.3) is 0 Å². The Morgan fingerprint density at radius 2 is 1.50 bits per heavy atom. The van der Waals surface area contributed by atoms with Gasteiger partial charge in [0.1, 0.15) is 0 Å². The molecule has 1 rings (SSSR count). The first-order valence-corrected chi connectivity index (χ1v) is 10.3. The van der Waals surface area contributed by atoms with Crippen LogP contribution in [0, 0.1) is 0 Å². The molecule has 0 aromatic rings. The van der Waals surface area contributed by atoms with E-state index in [1.165, 1.54) is 27.9 Å². The van der Waals surface area contributed by atoms with Gasteiger partial charge in [-0.25, -0.2) is 0 Å². The summed E-state index contributed by atoms with van der Waals surface area (Å²) in [6, 6.07) is 0. The van der Waals surface area contributed by atoms with E-state index in [-0.39, 0.29) is 0 Å². The molecule has 0 aliphatic heterocycles. The molecule has 0 aromatic heterocycles. The van der Waals surface area contributed by atoms with E-state index in [1.54, 1.807) is 0 Å². The molecule has 0 amide bonds. The van der Waals surface area contributed by atoms with Gasteiger partial charge in [-0.05, 0) is 68.4 Å². The molecular weight excluding hydrogens is 336 g/mol. The summed E-state index contributed by atoms with van der Waals surface area (Å²) < 4.78 is 0. The van der Waals surface area contributed by atoms with Crippen molar-refractivity contribution in [3.05, 3.63) is 120 Å². The van der Waals surface area contributed by atoms with Crippen LogP contribution in [0.15, 0.2) is 120 Å². The Morgan fingerprint density at radius 1 is 0.893 bits per heavy atom. The molecular formula is C28H38. The van der Waals surface area contributed by atoms with Gasteiger partial charge in [-0.1, -0.05) is 105 Å². The fourth-order valence-electron chi connectivity index (χ4n) is 2.80. The SMILES string of the molecule is C=C/C=C(\C=C)C1=CCCC=C1/C(C)=C(/C=C\C)\C=C/C=C\C(C)=C\C.CC.